The third-order valence-corrected chi connectivity index (χ3v) is 5.59. The topological polar surface area (TPSA) is 32.7 Å². The van der Waals surface area contributed by atoms with Crippen molar-refractivity contribution in [1.29, 1.82) is 0 Å². The molecule has 1 fully saturated rings. The van der Waals surface area contributed by atoms with Crippen LogP contribution in [0, 0.1) is 6.92 Å². The van der Waals surface area contributed by atoms with E-state index in [2.05, 4.69) is 18.2 Å². The van der Waals surface area contributed by atoms with E-state index in [1.807, 2.05) is 60.4 Å². The summed E-state index contributed by atoms with van der Waals surface area (Å²) in [5, 5.41) is 3.12. The normalized spacial score (nSPS) is 15.7. The highest BCUT2D eigenvalue weighted by Crippen LogP contribution is 2.26. The standard InChI is InChI=1S/C22H20N2OS/c1-16-7-2-5-12-20(16)23-22-24(13-14-26-22)21(25)15-18-10-6-9-17-8-3-4-11-19(17)18/h2-12H,13-15H2,1H3. The molecule has 3 aromatic carbocycles. The maximum atomic E-state index is 13.0. The van der Waals surface area contributed by atoms with Crippen molar-refractivity contribution in [1.82, 2.24) is 4.90 Å². The highest BCUT2D eigenvalue weighted by atomic mass is 32.2. The van der Waals surface area contributed by atoms with E-state index in [-0.39, 0.29) is 5.91 Å². The van der Waals surface area contributed by atoms with E-state index < -0.39 is 0 Å². The Kier molecular flexibility index (Phi) is 4.76. The summed E-state index contributed by atoms with van der Waals surface area (Å²) < 4.78 is 0. The van der Waals surface area contributed by atoms with Gasteiger partial charge in [0.15, 0.2) is 5.17 Å². The zero-order chi connectivity index (χ0) is 17.9. The molecule has 0 radical (unpaired) electrons. The van der Waals surface area contributed by atoms with E-state index in [0.717, 1.165) is 39.7 Å². The molecule has 0 N–H and O–H groups in total. The maximum absolute atomic E-state index is 13.0. The number of amides is 1. The van der Waals surface area contributed by atoms with Crippen molar-refractivity contribution in [2.45, 2.75) is 13.3 Å². The van der Waals surface area contributed by atoms with Crippen LogP contribution in [0.15, 0.2) is 71.7 Å². The molecule has 0 spiro atoms. The number of amidine groups is 1. The molecule has 26 heavy (non-hydrogen) atoms. The SMILES string of the molecule is Cc1ccccc1N=C1SCCN1C(=O)Cc1cccc2ccccc12. The third kappa shape index (κ3) is 3.37. The number of aliphatic imine (C=N–C) groups is 1. The molecule has 0 bridgehead atoms. The average molecular weight is 360 g/mol. The van der Waals surface area contributed by atoms with Gasteiger partial charge in [-0.05, 0) is 34.9 Å². The van der Waals surface area contributed by atoms with Crippen molar-refractivity contribution in [2.24, 2.45) is 4.99 Å². The van der Waals surface area contributed by atoms with Crippen LogP contribution in [0.25, 0.3) is 10.8 Å². The van der Waals surface area contributed by atoms with E-state index in [9.17, 15) is 4.79 Å². The molecular weight excluding hydrogens is 340 g/mol. The van der Waals surface area contributed by atoms with Crippen molar-refractivity contribution in [3.8, 4) is 0 Å². The fourth-order valence-electron chi connectivity index (χ4n) is 3.22. The number of benzene rings is 3. The largest absolute Gasteiger partial charge is 0.290 e. The molecule has 1 aliphatic rings. The number of rotatable bonds is 3. The fraction of sp³-hybridized carbons (Fsp3) is 0.182. The Labute approximate surface area is 157 Å². The van der Waals surface area contributed by atoms with Crippen LogP contribution < -0.4 is 0 Å². The lowest BCUT2D eigenvalue weighted by molar-refractivity contribution is -0.126. The van der Waals surface area contributed by atoms with Crippen LogP contribution in [0.4, 0.5) is 5.69 Å². The van der Waals surface area contributed by atoms with Crippen LogP contribution in [0.1, 0.15) is 11.1 Å². The minimum absolute atomic E-state index is 0.110. The smallest absolute Gasteiger partial charge is 0.233 e. The van der Waals surface area contributed by atoms with E-state index in [1.54, 1.807) is 11.8 Å². The zero-order valence-corrected chi connectivity index (χ0v) is 15.5. The lowest BCUT2D eigenvalue weighted by Gasteiger charge is -2.17. The predicted molar refractivity (Wildman–Crippen MR) is 110 cm³/mol. The van der Waals surface area contributed by atoms with Gasteiger partial charge in [-0.1, -0.05) is 72.4 Å². The molecule has 0 atom stereocenters. The van der Waals surface area contributed by atoms with Gasteiger partial charge in [0, 0.05) is 12.3 Å². The molecule has 0 unspecified atom stereocenters. The molecule has 4 rings (SSSR count). The minimum Gasteiger partial charge on any atom is -0.290 e. The summed E-state index contributed by atoms with van der Waals surface area (Å²) in [7, 11) is 0. The van der Waals surface area contributed by atoms with Crippen LogP contribution in [-0.4, -0.2) is 28.3 Å². The van der Waals surface area contributed by atoms with E-state index in [1.165, 1.54) is 5.39 Å². The minimum atomic E-state index is 0.110. The Morgan fingerprint density at radius 1 is 1.04 bits per heavy atom. The number of aryl methyl sites for hydroxylation is 1. The molecule has 1 heterocycles. The van der Waals surface area contributed by atoms with Gasteiger partial charge in [0.25, 0.3) is 0 Å². The number of para-hydroxylation sites is 1. The second-order valence-corrected chi connectivity index (χ2v) is 7.45. The Bertz CT molecular complexity index is 991. The van der Waals surface area contributed by atoms with Gasteiger partial charge >= 0.3 is 0 Å². The van der Waals surface area contributed by atoms with Crippen molar-refractivity contribution in [2.75, 3.05) is 12.3 Å². The van der Waals surface area contributed by atoms with Gasteiger partial charge < -0.3 is 0 Å². The Balaban J connectivity index is 1.60. The van der Waals surface area contributed by atoms with Crippen LogP contribution in [-0.2, 0) is 11.2 Å². The summed E-state index contributed by atoms with van der Waals surface area (Å²) in [6, 6.07) is 22.4. The van der Waals surface area contributed by atoms with Crippen molar-refractivity contribution in [3.63, 3.8) is 0 Å². The Hall–Kier alpha value is -2.59. The van der Waals surface area contributed by atoms with Gasteiger partial charge in [0.2, 0.25) is 5.91 Å². The van der Waals surface area contributed by atoms with E-state index in [0.29, 0.717) is 6.42 Å². The summed E-state index contributed by atoms with van der Waals surface area (Å²) in [5.41, 5.74) is 3.12. The molecule has 0 saturated carbocycles. The van der Waals surface area contributed by atoms with Gasteiger partial charge in [0.05, 0.1) is 12.1 Å². The summed E-state index contributed by atoms with van der Waals surface area (Å²) in [5.74, 6) is 1.00. The predicted octanol–water partition coefficient (Wildman–Crippen LogP) is 4.95. The first-order chi connectivity index (χ1) is 12.7. The molecule has 1 amide bonds. The van der Waals surface area contributed by atoms with Crippen LogP contribution >= 0.6 is 11.8 Å². The van der Waals surface area contributed by atoms with Gasteiger partial charge in [-0.2, -0.15) is 0 Å². The van der Waals surface area contributed by atoms with E-state index in [4.69, 9.17) is 4.99 Å². The fourth-order valence-corrected chi connectivity index (χ4v) is 4.19. The summed E-state index contributed by atoms with van der Waals surface area (Å²) >= 11 is 1.65. The number of carbonyl (C=O) groups is 1. The first kappa shape index (κ1) is 16.9. The van der Waals surface area contributed by atoms with Gasteiger partial charge in [-0.15, -0.1) is 0 Å². The van der Waals surface area contributed by atoms with Crippen LogP contribution in [0.3, 0.4) is 0 Å². The maximum Gasteiger partial charge on any atom is 0.233 e. The molecule has 130 valence electrons. The van der Waals surface area contributed by atoms with E-state index >= 15 is 0 Å². The monoisotopic (exact) mass is 360 g/mol. The Morgan fingerprint density at radius 2 is 1.81 bits per heavy atom. The summed E-state index contributed by atoms with van der Waals surface area (Å²) in [4.78, 5) is 19.6. The molecule has 4 heteroatoms. The lowest BCUT2D eigenvalue weighted by Crippen LogP contribution is -2.33. The summed E-state index contributed by atoms with van der Waals surface area (Å²) in [6.07, 6.45) is 0.398. The molecule has 3 nitrogen and oxygen atoms in total. The first-order valence-corrected chi connectivity index (χ1v) is 9.75. The van der Waals surface area contributed by atoms with Crippen LogP contribution in [0.2, 0.25) is 0 Å². The second kappa shape index (κ2) is 7.34. The van der Waals surface area contributed by atoms with Crippen molar-refractivity contribution >= 4 is 39.3 Å². The number of thioether (sulfide) groups is 1. The molecule has 1 aliphatic heterocycles. The highest BCUT2D eigenvalue weighted by molar-refractivity contribution is 8.14. The molecule has 0 aliphatic carbocycles. The number of carbonyl (C=O) groups excluding carboxylic acids is 1. The Morgan fingerprint density at radius 3 is 2.69 bits per heavy atom. The van der Waals surface area contributed by atoms with Gasteiger partial charge in [-0.3, -0.25) is 9.69 Å². The number of nitrogens with zero attached hydrogens (tertiary/aromatic N) is 2. The average Bonchev–Trinajstić information content (AvgIpc) is 3.12. The van der Waals surface area contributed by atoms with Crippen molar-refractivity contribution < 1.29 is 4.79 Å². The van der Waals surface area contributed by atoms with Crippen LogP contribution in [0.5, 0.6) is 0 Å². The highest BCUT2D eigenvalue weighted by Gasteiger charge is 2.26. The first-order valence-electron chi connectivity index (χ1n) is 8.76. The number of hydrogen-bond donors (Lipinski definition) is 0. The number of fused-ring (bicyclic) bond motifs is 1. The third-order valence-electron chi connectivity index (χ3n) is 4.63. The van der Waals surface area contributed by atoms with Crippen molar-refractivity contribution in [3.05, 3.63) is 77.9 Å². The molecule has 3 aromatic rings. The lowest BCUT2D eigenvalue weighted by atomic mass is 10.0. The van der Waals surface area contributed by atoms with Gasteiger partial charge in [0.1, 0.15) is 0 Å². The molecule has 1 saturated heterocycles. The zero-order valence-electron chi connectivity index (χ0n) is 14.7. The quantitative estimate of drug-likeness (QED) is 0.662. The number of hydrogen-bond acceptors (Lipinski definition) is 3. The summed E-state index contributed by atoms with van der Waals surface area (Å²) in [6.45, 7) is 2.76. The molecule has 0 aromatic heterocycles. The molecular formula is C22H20N2OS. The second-order valence-electron chi connectivity index (χ2n) is 6.39. The van der Waals surface area contributed by atoms with Gasteiger partial charge in [-0.25, -0.2) is 4.99 Å².